The van der Waals surface area contributed by atoms with E-state index in [1.165, 1.54) is 12.1 Å². The van der Waals surface area contributed by atoms with Gasteiger partial charge in [-0.25, -0.2) is 14.2 Å². The zero-order valence-electron chi connectivity index (χ0n) is 14.2. The molecule has 2 aliphatic heterocycles. The number of hydrazine groups is 1. The van der Waals surface area contributed by atoms with Crippen LogP contribution in [-0.2, 0) is 19.7 Å². The van der Waals surface area contributed by atoms with Crippen molar-refractivity contribution < 1.29 is 23.5 Å². The summed E-state index contributed by atoms with van der Waals surface area (Å²) in [6, 6.07) is 8.59. The Balaban J connectivity index is 1.82. The number of hydrogen-bond acceptors (Lipinski definition) is 5. The highest BCUT2D eigenvalue weighted by Crippen LogP contribution is 2.32. The van der Waals surface area contributed by atoms with Crippen molar-refractivity contribution in [3.05, 3.63) is 35.9 Å². The predicted octanol–water partition coefficient (Wildman–Crippen LogP) is 0.753. The maximum absolute atomic E-state index is 13.7. The van der Waals surface area contributed by atoms with E-state index in [0.29, 0.717) is 0 Å². The topological polar surface area (TPSA) is 79.9 Å². The molecule has 2 amide bonds. The molecule has 0 radical (unpaired) electrons. The molecule has 8 heteroatoms. The maximum Gasteiger partial charge on any atom is 0.407 e. The zero-order chi connectivity index (χ0) is 18.0. The number of rotatable bonds is 6. The van der Waals surface area contributed by atoms with Gasteiger partial charge in [0.05, 0.1) is 25.7 Å². The van der Waals surface area contributed by atoms with Crippen LogP contribution in [0.25, 0.3) is 0 Å². The average Bonchev–Trinajstić information content (AvgIpc) is 3.06. The van der Waals surface area contributed by atoms with Gasteiger partial charge in [-0.3, -0.25) is 10.2 Å². The summed E-state index contributed by atoms with van der Waals surface area (Å²) in [4.78, 5) is 24.6. The lowest BCUT2D eigenvalue weighted by atomic mass is 9.76. The second kappa shape index (κ2) is 6.97. The standard InChI is InChI=1S/C17H22FN3O4/c1-17(11-6-4-3-5-7-11,14-8-19-16(23)25-14)15(22)20-21-9-12(18)13(21)10-24-2/h3-7,12-14H,8-10H2,1-2H3,(H,19,23)(H,20,22). The molecular weight excluding hydrogens is 329 g/mol. The first kappa shape index (κ1) is 17.6. The summed E-state index contributed by atoms with van der Waals surface area (Å²) >= 11 is 0. The number of carbonyl (C=O) groups excluding carboxylic acids is 2. The highest BCUT2D eigenvalue weighted by molar-refractivity contribution is 5.89. The van der Waals surface area contributed by atoms with E-state index in [1.54, 1.807) is 6.92 Å². The average molecular weight is 351 g/mol. The van der Waals surface area contributed by atoms with Gasteiger partial charge in [-0.05, 0) is 12.5 Å². The minimum absolute atomic E-state index is 0.105. The second-order valence-corrected chi connectivity index (χ2v) is 6.48. The summed E-state index contributed by atoms with van der Waals surface area (Å²) in [5.74, 6) is -0.354. The lowest BCUT2D eigenvalue weighted by Crippen LogP contribution is -2.68. The van der Waals surface area contributed by atoms with Gasteiger partial charge in [-0.2, -0.15) is 0 Å². The van der Waals surface area contributed by atoms with Crippen LogP contribution in [0.15, 0.2) is 30.3 Å². The van der Waals surface area contributed by atoms with Crippen molar-refractivity contribution >= 4 is 12.0 Å². The van der Waals surface area contributed by atoms with Crippen LogP contribution in [-0.4, -0.2) is 62.1 Å². The van der Waals surface area contributed by atoms with Crippen LogP contribution in [0, 0.1) is 0 Å². The fourth-order valence-corrected chi connectivity index (χ4v) is 3.20. The third-order valence-corrected chi connectivity index (χ3v) is 4.94. The summed E-state index contributed by atoms with van der Waals surface area (Å²) in [6.07, 6.45) is -2.26. The van der Waals surface area contributed by atoms with Crippen molar-refractivity contribution in [3.63, 3.8) is 0 Å². The summed E-state index contributed by atoms with van der Waals surface area (Å²) in [7, 11) is 1.49. The predicted molar refractivity (Wildman–Crippen MR) is 87.5 cm³/mol. The van der Waals surface area contributed by atoms with Crippen molar-refractivity contribution in [2.75, 3.05) is 26.8 Å². The second-order valence-electron chi connectivity index (χ2n) is 6.48. The molecule has 0 aromatic heterocycles. The fourth-order valence-electron chi connectivity index (χ4n) is 3.20. The van der Waals surface area contributed by atoms with Crippen LogP contribution in [0.1, 0.15) is 12.5 Å². The number of methoxy groups -OCH3 is 1. The molecule has 0 aliphatic carbocycles. The Morgan fingerprint density at radius 2 is 2.20 bits per heavy atom. The number of ether oxygens (including phenoxy) is 2. The number of alkyl carbamates (subject to hydrolysis) is 1. The third-order valence-electron chi connectivity index (χ3n) is 4.94. The molecule has 1 aromatic carbocycles. The van der Waals surface area contributed by atoms with E-state index in [1.807, 2.05) is 30.3 Å². The number of nitrogens with one attached hydrogen (secondary N) is 2. The molecule has 4 atom stereocenters. The lowest BCUT2D eigenvalue weighted by molar-refractivity contribution is -0.146. The van der Waals surface area contributed by atoms with Gasteiger partial charge in [0, 0.05) is 7.11 Å². The molecule has 2 fully saturated rings. The highest BCUT2D eigenvalue weighted by atomic mass is 19.1. The van der Waals surface area contributed by atoms with Gasteiger partial charge in [0.25, 0.3) is 0 Å². The molecule has 2 saturated heterocycles. The number of cyclic esters (lactones) is 1. The smallest absolute Gasteiger partial charge is 0.407 e. The summed E-state index contributed by atoms with van der Waals surface area (Å²) in [5, 5.41) is 4.11. The number of nitrogens with zero attached hydrogens (tertiary/aromatic N) is 1. The van der Waals surface area contributed by atoms with E-state index in [2.05, 4.69) is 10.7 Å². The van der Waals surface area contributed by atoms with Crippen molar-refractivity contribution in [2.45, 2.75) is 30.7 Å². The van der Waals surface area contributed by atoms with Crippen molar-refractivity contribution in [1.82, 2.24) is 15.8 Å². The van der Waals surface area contributed by atoms with Crippen molar-refractivity contribution in [3.8, 4) is 0 Å². The lowest BCUT2D eigenvalue weighted by Gasteiger charge is -2.45. The van der Waals surface area contributed by atoms with Crippen LogP contribution in [0.4, 0.5) is 9.18 Å². The molecule has 2 heterocycles. The van der Waals surface area contributed by atoms with E-state index in [0.717, 1.165) is 5.56 Å². The summed E-state index contributed by atoms with van der Waals surface area (Å²) in [6.45, 7) is 2.24. The first-order valence-corrected chi connectivity index (χ1v) is 8.17. The summed E-state index contributed by atoms with van der Waals surface area (Å²) in [5.41, 5.74) is 2.37. The van der Waals surface area contributed by atoms with Gasteiger partial charge >= 0.3 is 6.09 Å². The van der Waals surface area contributed by atoms with Crippen LogP contribution in [0.5, 0.6) is 0 Å². The molecule has 2 aliphatic rings. The third kappa shape index (κ3) is 3.19. The number of alkyl halides is 1. The molecular formula is C17H22FN3O4. The van der Waals surface area contributed by atoms with Gasteiger partial charge in [-0.1, -0.05) is 30.3 Å². The molecule has 25 heavy (non-hydrogen) atoms. The Bertz CT molecular complexity index is 644. The molecule has 7 nitrogen and oxygen atoms in total. The van der Waals surface area contributed by atoms with Gasteiger partial charge in [0.1, 0.15) is 17.7 Å². The van der Waals surface area contributed by atoms with Crippen molar-refractivity contribution in [2.24, 2.45) is 0 Å². The summed E-state index contributed by atoms with van der Waals surface area (Å²) < 4.78 is 24.0. The number of hydrogen-bond donors (Lipinski definition) is 2. The van der Waals surface area contributed by atoms with Gasteiger partial charge < -0.3 is 14.8 Å². The SMILES string of the molecule is COCC1C(F)CN1NC(=O)C(C)(c1ccccc1)C1CNC(=O)O1. The van der Waals surface area contributed by atoms with E-state index in [-0.39, 0.29) is 25.6 Å². The van der Waals surface area contributed by atoms with E-state index >= 15 is 0 Å². The van der Waals surface area contributed by atoms with Crippen LogP contribution < -0.4 is 10.7 Å². The fraction of sp³-hybridized carbons (Fsp3) is 0.529. The molecule has 0 bridgehead atoms. The van der Waals surface area contributed by atoms with Gasteiger partial charge in [0.2, 0.25) is 5.91 Å². The van der Waals surface area contributed by atoms with E-state index in [4.69, 9.17) is 9.47 Å². The van der Waals surface area contributed by atoms with Gasteiger partial charge in [-0.15, -0.1) is 0 Å². The Labute approximate surface area is 145 Å². The maximum atomic E-state index is 13.7. The first-order chi connectivity index (χ1) is 12.0. The van der Waals surface area contributed by atoms with Crippen molar-refractivity contribution in [1.29, 1.82) is 0 Å². The monoisotopic (exact) mass is 351 g/mol. The minimum atomic E-state index is -1.11. The Kier molecular flexibility index (Phi) is 4.91. The Morgan fingerprint density at radius 1 is 1.48 bits per heavy atom. The molecule has 136 valence electrons. The van der Waals surface area contributed by atoms with E-state index < -0.39 is 29.8 Å². The van der Waals surface area contributed by atoms with Crippen LogP contribution in [0.2, 0.25) is 0 Å². The van der Waals surface area contributed by atoms with Gasteiger partial charge in [0.15, 0.2) is 0 Å². The molecule has 2 N–H and O–H groups in total. The Morgan fingerprint density at radius 3 is 2.76 bits per heavy atom. The molecule has 0 spiro atoms. The molecule has 0 saturated carbocycles. The zero-order valence-corrected chi connectivity index (χ0v) is 14.2. The first-order valence-electron chi connectivity index (χ1n) is 8.17. The quantitative estimate of drug-likeness (QED) is 0.791. The largest absolute Gasteiger partial charge is 0.443 e. The number of benzene rings is 1. The number of halogens is 1. The number of carbonyl (C=O) groups is 2. The Hall–Kier alpha value is -2.19. The molecule has 3 rings (SSSR count). The number of amides is 2. The van der Waals surface area contributed by atoms with E-state index in [9.17, 15) is 14.0 Å². The minimum Gasteiger partial charge on any atom is -0.443 e. The van der Waals surface area contributed by atoms with Crippen LogP contribution >= 0.6 is 0 Å². The normalized spacial score (nSPS) is 28.4. The molecule has 4 unspecified atom stereocenters. The van der Waals surface area contributed by atoms with Crippen LogP contribution in [0.3, 0.4) is 0 Å². The highest BCUT2D eigenvalue weighted by Gasteiger charge is 2.50. The molecule has 1 aromatic rings.